The highest BCUT2D eigenvalue weighted by Gasteiger charge is 2.21. The molecule has 0 amide bonds. The molecule has 0 saturated carbocycles. The Balaban J connectivity index is 0.00000400. The minimum atomic E-state index is -3.63. The van der Waals surface area contributed by atoms with E-state index in [-0.39, 0.29) is 23.3 Å². The highest BCUT2D eigenvalue weighted by atomic mass is 79.9. The van der Waals surface area contributed by atoms with Crippen molar-refractivity contribution < 1.29 is 17.9 Å². The zero-order valence-corrected chi connectivity index (χ0v) is 15.5. The molecule has 0 aliphatic carbocycles. The highest BCUT2D eigenvalue weighted by Crippen LogP contribution is 2.35. The average Bonchev–Trinajstić information content (AvgIpc) is 2.44. The number of sulfonamides is 1. The first-order chi connectivity index (χ1) is 9.35. The minimum absolute atomic E-state index is 0. The Morgan fingerprint density at radius 1 is 1.24 bits per heavy atom. The summed E-state index contributed by atoms with van der Waals surface area (Å²) in [7, 11) is 1.09. The van der Waals surface area contributed by atoms with E-state index >= 15 is 0 Å². The number of methoxy groups -OCH3 is 2. The van der Waals surface area contributed by atoms with Gasteiger partial charge in [0.05, 0.1) is 14.2 Å². The number of ether oxygens (including phenoxy) is 2. The van der Waals surface area contributed by atoms with Crippen LogP contribution in [0.15, 0.2) is 21.5 Å². The molecular formula is C12H20BrClN2O4S. The van der Waals surface area contributed by atoms with Crippen LogP contribution in [0, 0.1) is 0 Å². The van der Waals surface area contributed by atoms with Crippen LogP contribution in [-0.2, 0) is 10.0 Å². The lowest BCUT2D eigenvalue weighted by atomic mass is 10.3. The van der Waals surface area contributed by atoms with Crippen LogP contribution < -0.4 is 19.5 Å². The van der Waals surface area contributed by atoms with Crippen molar-refractivity contribution in [2.24, 2.45) is 0 Å². The van der Waals surface area contributed by atoms with Crippen molar-refractivity contribution in [2.75, 3.05) is 27.8 Å². The molecule has 9 heteroatoms. The maximum atomic E-state index is 12.3. The molecule has 0 saturated heterocycles. The summed E-state index contributed by atoms with van der Waals surface area (Å²) < 4.78 is 37.8. The van der Waals surface area contributed by atoms with Gasteiger partial charge in [0, 0.05) is 23.1 Å². The molecule has 0 aromatic heterocycles. The minimum Gasteiger partial charge on any atom is -0.493 e. The number of hydrogen-bond donors (Lipinski definition) is 2. The van der Waals surface area contributed by atoms with E-state index in [0.29, 0.717) is 22.5 Å². The SMILES string of the molecule is CNC(C)CNS(=O)(=O)c1cc(OC)c(OC)cc1Br.Cl. The van der Waals surface area contributed by atoms with E-state index in [1.807, 2.05) is 6.92 Å². The van der Waals surface area contributed by atoms with Gasteiger partial charge in [0.1, 0.15) is 4.90 Å². The molecule has 2 N–H and O–H groups in total. The maximum Gasteiger partial charge on any atom is 0.241 e. The summed E-state index contributed by atoms with van der Waals surface area (Å²) in [5, 5.41) is 2.96. The lowest BCUT2D eigenvalue weighted by molar-refractivity contribution is 0.353. The van der Waals surface area contributed by atoms with Crippen LogP contribution in [-0.4, -0.2) is 42.3 Å². The monoisotopic (exact) mass is 402 g/mol. The van der Waals surface area contributed by atoms with Crippen molar-refractivity contribution in [1.29, 1.82) is 0 Å². The molecule has 1 aromatic carbocycles. The van der Waals surface area contributed by atoms with Gasteiger partial charge >= 0.3 is 0 Å². The molecule has 0 fully saturated rings. The van der Waals surface area contributed by atoms with Gasteiger partial charge in [-0.05, 0) is 36.0 Å². The molecule has 0 spiro atoms. The lowest BCUT2D eigenvalue weighted by Crippen LogP contribution is -2.37. The van der Waals surface area contributed by atoms with Crippen molar-refractivity contribution in [3.05, 3.63) is 16.6 Å². The Kier molecular flexibility index (Phi) is 8.57. The zero-order valence-electron chi connectivity index (χ0n) is 12.3. The van der Waals surface area contributed by atoms with Crippen LogP contribution in [0.25, 0.3) is 0 Å². The van der Waals surface area contributed by atoms with Crippen molar-refractivity contribution in [3.63, 3.8) is 0 Å². The Morgan fingerprint density at radius 3 is 2.24 bits per heavy atom. The van der Waals surface area contributed by atoms with Crippen LogP contribution in [0.5, 0.6) is 11.5 Å². The first-order valence-corrected chi connectivity index (χ1v) is 8.21. The third-order valence-electron chi connectivity index (χ3n) is 2.80. The number of nitrogens with one attached hydrogen (secondary N) is 2. The molecule has 0 aliphatic rings. The fourth-order valence-electron chi connectivity index (χ4n) is 1.46. The molecule has 1 aromatic rings. The Morgan fingerprint density at radius 2 is 1.76 bits per heavy atom. The fraction of sp³-hybridized carbons (Fsp3) is 0.500. The van der Waals surface area contributed by atoms with Crippen LogP contribution in [0.4, 0.5) is 0 Å². The molecule has 1 atom stereocenters. The van der Waals surface area contributed by atoms with Gasteiger partial charge in [-0.1, -0.05) is 0 Å². The van der Waals surface area contributed by atoms with Gasteiger partial charge in [-0.25, -0.2) is 13.1 Å². The molecule has 21 heavy (non-hydrogen) atoms. The van der Waals surface area contributed by atoms with E-state index in [0.717, 1.165) is 0 Å². The van der Waals surface area contributed by atoms with Crippen LogP contribution >= 0.6 is 28.3 Å². The highest BCUT2D eigenvalue weighted by molar-refractivity contribution is 9.10. The van der Waals surface area contributed by atoms with Crippen LogP contribution in [0.3, 0.4) is 0 Å². The normalized spacial score (nSPS) is 12.4. The average molecular weight is 404 g/mol. The fourth-order valence-corrected chi connectivity index (χ4v) is 3.62. The second-order valence-corrected chi connectivity index (χ2v) is 6.77. The number of benzene rings is 1. The van der Waals surface area contributed by atoms with Crippen molar-refractivity contribution in [1.82, 2.24) is 10.0 Å². The van der Waals surface area contributed by atoms with Gasteiger partial charge in [0.15, 0.2) is 11.5 Å². The number of rotatable bonds is 7. The Hall–Kier alpha value is -0.540. The standard InChI is InChI=1S/C12H19BrN2O4S.ClH/c1-8(14-2)7-15-20(16,17)12-6-11(19-4)10(18-3)5-9(12)13;/h5-6,8,14-15H,7H2,1-4H3;1H. The largest absolute Gasteiger partial charge is 0.493 e. The molecular weight excluding hydrogens is 384 g/mol. The number of likely N-dealkylation sites (N-methyl/N-ethyl adjacent to an activating group) is 1. The van der Waals surface area contributed by atoms with E-state index in [2.05, 4.69) is 26.0 Å². The van der Waals surface area contributed by atoms with Gasteiger partial charge in [-0.15, -0.1) is 12.4 Å². The Bertz CT molecular complexity index is 569. The quantitative estimate of drug-likeness (QED) is 0.726. The third-order valence-corrected chi connectivity index (χ3v) is 5.18. The van der Waals surface area contributed by atoms with E-state index in [4.69, 9.17) is 9.47 Å². The molecule has 0 heterocycles. The molecule has 1 unspecified atom stereocenters. The summed E-state index contributed by atoms with van der Waals surface area (Å²) in [6, 6.07) is 3.02. The van der Waals surface area contributed by atoms with Gasteiger partial charge in [0.25, 0.3) is 0 Å². The first-order valence-electron chi connectivity index (χ1n) is 5.94. The summed E-state index contributed by atoms with van der Waals surface area (Å²) in [4.78, 5) is 0.110. The van der Waals surface area contributed by atoms with Crippen LogP contribution in [0.2, 0.25) is 0 Å². The summed E-state index contributed by atoms with van der Waals surface area (Å²) in [6.07, 6.45) is 0. The smallest absolute Gasteiger partial charge is 0.241 e. The van der Waals surface area contributed by atoms with Crippen molar-refractivity contribution in [2.45, 2.75) is 17.9 Å². The van der Waals surface area contributed by atoms with E-state index in [9.17, 15) is 8.42 Å². The second kappa shape index (κ2) is 8.79. The maximum absolute atomic E-state index is 12.3. The van der Waals surface area contributed by atoms with Gasteiger partial charge in [-0.3, -0.25) is 0 Å². The molecule has 6 nitrogen and oxygen atoms in total. The number of hydrogen-bond acceptors (Lipinski definition) is 5. The summed E-state index contributed by atoms with van der Waals surface area (Å²) in [5.41, 5.74) is 0. The van der Waals surface area contributed by atoms with Gasteiger partial charge in [-0.2, -0.15) is 0 Å². The predicted molar refractivity (Wildman–Crippen MR) is 88.2 cm³/mol. The topological polar surface area (TPSA) is 76.7 Å². The molecule has 1 rings (SSSR count). The molecule has 122 valence electrons. The summed E-state index contributed by atoms with van der Waals surface area (Å²) in [5.74, 6) is 0.819. The van der Waals surface area contributed by atoms with E-state index in [1.54, 1.807) is 13.1 Å². The lowest BCUT2D eigenvalue weighted by Gasteiger charge is -2.15. The molecule has 0 radical (unpaired) electrons. The predicted octanol–water partition coefficient (Wildman–Crippen LogP) is 1.77. The van der Waals surface area contributed by atoms with Gasteiger partial charge in [0.2, 0.25) is 10.0 Å². The van der Waals surface area contributed by atoms with Crippen molar-refractivity contribution in [3.8, 4) is 11.5 Å². The van der Waals surface area contributed by atoms with E-state index in [1.165, 1.54) is 20.3 Å². The third kappa shape index (κ3) is 5.30. The van der Waals surface area contributed by atoms with Gasteiger partial charge < -0.3 is 14.8 Å². The Labute approximate surface area is 140 Å². The van der Waals surface area contributed by atoms with Crippen molar-refractivity contribution >= 4 is 38.4 Å². The summed E-state index contributed by atoms with van der Waals surface area (Å²) in [6.45, 7) is 2.17. The van der Waals surface area contributed by atoms with Crippen LogP contribution in [0.1, 0.15) is 6.92 Å². The van der Waals surface area contributed by atoms with E-state index < -0.39 is 10.0 Å². The molecule has 0 bridgehead atoms. The second-order valence-electron chi connectivity index (χ2n) is 4.18. The summed E-state index contributed by atoms with van der Waals surface area (Å²) >= 11 is 3.24. The zero-order chi connectivity index (χ0) is 15.3. The molecule has 0 aliphatic heterocycles. The number of halogens is 2. The first kappa shape index (κ1) is 20.5.